The number of rotatable bonds is 5. The van der Waals surface area contributed by atoms with E-state index >= 15 is 0 Å². The third-order valence-electron chi connectivity index (χ3n) is 13.0. The summed E-state index contributed by atoms with van der Waals surface area (Å²) in [7, 11) is 0. The van der Waals surface area contributed by atoms with E-state index in [0.717, 1.165) is 27.5 Å². The van der Waals surface area contributed by atoms with Crippen molar-refractivity contribution in [3.63, 3.8) is 0 Å². The fourth-order valence-corrected chi connectivity index (χ4v) is 9.95. The van der Waals surface area contributed by atoms with Gasteiger partial charge in [-0.05, 0) is 102 Å². The fourth-order valence-electron chi connectivity index (χ4n) is 9.95. The van der Waals surface area contributed by atoms with Crippen molar-refractivity contribution >= 4 is 16.3 Å². The summed E-state index contributed by atoms with van der Waals surface area (Å²) in [4.78, 5) is 15.3. The van der Waals surface area contributed by atoms with Crippen LogP contribution in [0.2, 0.25) is 0 Å². The van der Waals surface area contributed by atoms with Crippen molar-refractivity contribution in [3.8, 4) is 56.2 Å². The van der Waals surface area contributed by atoms with Crippen molar-refractivity contribution in [2.45, 2.75) is 71.6 Å². The van der Waals surface area contributed by atoms with Gasteiger partial charge in [0.25, 0.3) is 0 Å². The molecule has 1 spiro atoms. The molecule has 0 N–H and O–H groups in total. The average molecular weight is 790 g/mol. The molecule has 3 nitrogen and oxygen atoms in total. The van der Waals surface area contributed by atoms with Crippen molar-refractivity contribution in [2.24, 2.45) is 0 Å². The van der Waals surface area contributed by atoms with Gasteiger partial charge in [-0.15, -0.1) is 0 Å². The van der Waals surface area contributed by atoms with Crippen LogP contribution in [0.4, 0.5) is 0 Å². The highest BCUT2D eigenvalue weighted by atomic mass is 15.0. The number of allylic oxidation sites excluding steroid dienone is 4. The lowest BCUT2D eigenvalue weighted by Gasteiger charge is -2.33. The Morgan fingerprint density at radius 3 is 1.64 bits per heavy atom. The Bertz CT molecular complexity index is 3050. The Balaban J connectivity index is 1.24. The molecular formula is C58H51N3. The van der Waals surface area contributed by atoms with Crippen molar-refractivity contribution in [2.75, 3.05) is 0 Å². The van der Waals surface area contributed by atoms with Gasteiger partial charge in [0.15, 0.2) is 17.5 Å². The standard InChI is InChI=1S/C58H51N3/c1-9-19-36(10-2)53-59-54(37-20-12-11-13-21-37)61-55(60-53)46-27-17-23-40-41(24-16-25-42(40)46)45-26-18-29-49-52(45)47-22-14-15-28-48(47)58(49)50-34-38(56(3,4)5)30-32-43(50)44-33-31-39(35-51(44)58)57(6,7)8/h9-35H,1-8H3/b19-9-,36-10+. The summed E-state index contributed by atoms with van der Waals surface area (Å²) in [6.07, 6.45) is 6.15. The minimum atomic E-state index is -0.475. The van der Waals surface area contributed by atoms with Crippen LogP contribution in [0.15, 0.2) is 164 Å². The monoisotopic (exact) mass is 789 g/mol. The molecule has 7 aromatic carbocycles. The third-order valence-corrected chi connectivity index (χ3v) is 13.0. The van der Waals surface area contributed by atoms with Gasteiger partial charge in [0.1, 0.15) is 0 Å². The topological polar surface area (TPSA) is 38.7 Å². The van der Waals surface area contributed by atoms with Gasteiger partial charge in [-0.3, -0.25) is 0 Å². The second-order valence-electron chi connectivity index (χ2n) is 18.7. The van der Waals surface area contributed by atoms with Gasteiger partial charge in [0.2, 0.25) is 0 Å². The molecule has 3 heteroatoms. The second-order valence-corrected chi connectivity index (χ2v) is 18.7. The van der Waals surface area contributed by atoms with Crippen LogP contribution in [-0.2, 0) is 16.2 Å². The van der Waals surface area contributed by atoms with E-state index in [0.29, 0.717) is 17.5 Å². The maximum Gasteiger partial charge on any atom is 0.164 e. The van der Waals surface area contributed by atoms with Gasteiger partial charge < -0.3 is 0 Å². The van der Waals surface area contributed by atoms with Gasteiger partial charge in [0.05, 0.1) is 5.41 Å². The number of fused-ring (bicyclic) bond motifs is 11. The largest absolute Gasteiger partial charge is 0.208 e. The van der Waals surface area contributed by atoms with Crippen LogP contribution in [0.3, 0.4) is 0 Å². The Morgan fingerprint density at radius 1 is 0.459 bits per heavy atom. The first-order valence-electron chi connectivity index (χ1n) is 21.6. The SMILES string of the molecule is C/C=C\C(=C/C)c1nc(-c2ccccc2)nc(-c2cccc3c(-c4cccc5c4-c4ccccc4C54c5cc(C(C)(C)C)ccc5-c5ccc(C(C)(C)C)cc54)cccc23)n1. The Kier molecular flexibility index (Phi) is 8.96. The van der Waals surface area contributed by atoms with Crippen LogP contribution in [0, 0.1) is 0 Å². The summed E-state index contributed by atoms with van der Waals surface area (Å²) in [6.45, 7) is 18.0. The van der Waals surface area contributed by atoms with E-state index in [4.69, 9.17) is 15.0 Å². The summed E-state index contributed by atoms with van der Waals surface area (Å²) in [5, 5.41) is 2.26. The van der Waals surface area contributed by atoms with Crippen molar-refractivity contribution < 1.29 is 0 Å². The zero-order valence-electron chi connectivity index (χ0n) is 36.4. The molecule has 0 aliphatic heterocycles. The molecule has 1 heterocycles. The van der Waals surface area contributed by atoms with Crippen molar-refractivity contribution in [3.05, 3.63) is 203 Å². The quantitative estimate of drug-likeness (QED) is 0.163. The molecule has 0 saturated heterocycles. The number of aromatic nitrogens is 3. The lowest BCUT2D eigenvalue weighted by molar-refractivity contribution is 0.586. The number of hydrogen-bond donors (Lipinski definition) is 0. The Hall–Kier alpha value is -6.71. The summed E-state index contributed by atoms with van der Waals surface area (Å²) in [6, 6.07) is 54.2. The molecule has 0 amide bonds. The van der Waals surface area contributed by atoms with E-state index < -0.39 is 5.41 Å². The fraction of sp³-hybridized carbons (Fsp3) is 0.190. The van der Waals surface area contributed by atoms with Gasteiger partial charge in [-0.1, -0.05) is 205 Å². The molecule has 0 atom stereocenters. The number of hydrogen-bond acceptors (Lipinski definition) is 3. The van der Waals surface area contributed by atoms with E-state index in [1.165, 1.54) is 66.8 Å². The molecule has 298 valence electrons. The summed E-state index contributed by atoms with van der Waals surface area (Å²) in [5.74, 6) is 1.96. The van der Waals surface area contributed by atoms with Gasteiger partial charge >= 0.3 is 0 Å². The summed E-state index contributed by atoms with van der Waals surface area (Å²) < 4.78 is 0. The molecule has 10 rings (SSSR count). The Morgan fingerprint density at radius 2 is 1.00 bits per heavy atom. The normalized spacial score (nSPS) is 14.1. The van der Waals surface area contributed by atoms with Crippen LogP contribution in [0.25, 0.3) is 72.5 Å². The predicted molar refractivity (Wildman–Crippen MR) is 256 cm³/mol. The second kappa shape index (κ2) is 14.2. The molecule has 1 aromatic heterocycles. The first-order chi connectivity index (χ1) is 29.4. The molecule has 61 heavy (non-hydrogen) atoms. The maximum absolute atomic E-state index is 5.16. The van der Waals surface area contributed by atoms with E-state index in [1.807, 2.05) is 38.1 Å². The predicted octanol–water partition coefficient (Wildman–Crippen LogP) is 14.9. The van der Waals surface area contributed by atoms with Crippen LogP contribution in [0.1, 0.15) is 94.6 Å². The van der Waals surface area contributed by atoms with Crippen molar-refractivity contribution in [1.29, 1.82) is 0 Å². The highest BCUT2D eigenvalue weighted by Crippen LogP contribution is 2.65. The highest BCUT2D eigenvalue weighted by Gasteiger charge is 2.52. The van der Waals surface area contributed by atoms with Crippen LogP contribution >= 0.6 is 0 Å². The summed E-state index contributed by atoms with van der Waals surface area (Å²) in [5.41, 5.74) is 18.2. The Labute approximate surface area is 360 Å². The molecule has 0 saturated carbocycles. The van der Waals surface area contributed by atoms with E-state index in [1.54, 1.807) is 0 Å². The molecule has 0 fully saturated rings. The van der Waals surface area contributed by atoms with Crippen LogP contribution < -0.4 is 0 Å². The van der Waals surface area contributed by atoms with Gasteiger partial charge in [-0.25, -0.2) is 15.0 Å². The molecule has 0 unspecified atom stereocenters. The molecule has 0 radical (unpaired) electrons. The number of benzene rings is 7. The maximum atomic E-state index is 5.16. The molecule has 8 aromatic rings. The van der Waals surface area contributed by atoms with E-state index in [-0.39, 0.29) is 10.8 Å². The zero-order chi connectivity index (χ0) is 42.3. The smallest absolute Gasteiger partial charge is 0.164 e. The van der Waals surface area contributed by atoms with Gasteiger partial charge in [0, 0.05) is 16.7 Å². The van der Waals surface area contributed by atoms with E-state index in [9.17, 15) is 0 Å². The number of nitrogens with zero attached hydrogens (tertiary/aromatic N) is 3. The molecule has 2 aliphatic carbocycles. The minimum Gasteiger partial charge on any atom is -0.208 e. The van der Waals surface area contributed by atoms with Crippen LogP contribution in [0.5, 0.6) is 0 Å². The zero-order valence-corrected chi connectivity index (χ0v) is 36.4. The lowest BCUT2D eigenvalue weighted by Crippen LogP contribution is -2.27. The summed E-state index contributed by atoms with van der Waals surface area (Å²) >= 11 is 0. The molecular weight excluding hydrogens is 739 g/mol. The average Bonchev–Trinajstić information content (AvgIpc) is 3.74. The van der Waals surface area contributed by atoms with Crippen LogP contribution in [-0.4, -0.2) is 15.0 Å². The van der Waals surface area contributed by atoms with E-state index in [2.05, 4.69) is 181 Å². The van der Waals surface area contributed by atoms with Crippen molar-refractivity contribution in [1.82, 2.24) is 15.0 Å². The highest BCUT2D eigenvalue weighted by molar-refractivity contribution is 6.08. The first-order valence-corrected chi connectivity index (χ1v) is 21.6. The third kappa shape index (κ3) is 5.97. The minimum absolute atomic E-state index is 0.00667. The molecule has 2 aliphatic rings. The first kappa shape index (κ1) is 38.5. The van der Waals surface area contributed by atoms with Gasteiger partial charge in [-0.2, -0.15) is 0 Å². The molecule has 0 bridgehead atoms. The lowest BCUT2D eigenvalue weighted by atomic mass is 9.68.